The number of benzene rings is 1. The number of rotatable bonds is 7. The quantitative estimate of drug-likeness (QED) is 0.207. The molecule has 1 aromatic carbocycles. The van der Waals surface area contributed by atoms with Crippen LogP contribution >= 0.6 is 24.0 Å². The van der Waals surface area contributed by atoms with Crippen LogP contribution in [0, 0.1) is 0 Å². The maximum atomic E-state index is 12.0. The molecule has 0 saturated heterocycles. The lowest BCUT2D eigenvalue weighted by atomic mass is 10.3. The van der Waals surface area contributed by atoms with Crippen molar-refractivity contribution < 1.29 is 27.4 Å². The van der Waals surface area contributed by atoms with E-state index in [4.69, 9.17) is 10.5 Å². The molecule has 142 valence electrons. The highest BCUT2D eigenvalue weighted by atomic mass is 127. The molecular weight excluding hydrogens is 454 g/mol. The molecule has 10 heteroatoms. The third-order valence-electron chi connectivity index (χ3n) is 2.55. The van der Waals surface area contributed by atoms with E-state index in [1.165, 1.54) is 12.1 Å². The van der Waals surface area contributed by atoms with E-state index in [1.54, 1.807) is 13.8 Å². The lowest BCUT2D eigenvalue weighted by molar-refractivity contribution is -0.274. The van der Waals surface area contributed by atoms with E-state index in [2.05, 4.69) is 15.0 Å². The van der Waals surface area contributed by atoms with Crippen molar-refractivity contribution in [2.24, 2.45) is 10.7 Å². The summed E-state index contributed by atoms with van der Waals surface area (Å²) in [5, 5.41) is 2.73. The molecule has 0 aliphatic carbocycles. The van der Waals surface area contributed by atoms with Crippen molar-refractivity contribution in [3.63, 3.8) is 0 Å². The van der Waals surface area contributed by atoms with Crippen LogP contribution in [-0.2, 0) is 9.53 Å². The summed E-state index contributed by atoms with van der Waals surface area (Å²) in [5.74, 6) is -0.532. The summed E-state index contributed by atoms with van der Waals surface area (Å²) in [6.07, 6.45) is -4.17. The summed E-state index contributed by atoms with van der Waals surface area (Å²) in [6.45, 7) is 3.85. The number of carbonyl (C=O) groups is 1. The van der Waals surface area contributed by atoms with E-state index in [0.717, 1.165) is 12.1 Å². The van der Waals surface area contributed by atoms with Gasteiger partial charge in [-0.1, -0.05) is 0 Å². The highest BCUT2D eigenvalue weighted by Gasteiger charge is 2.30. The molecule has 0 atom stereocenters. The van der Waals surface area contributed by atoms with Crippen LogP contribution < -0.4 is 15.8 Å². The van der Waals surface area contributed by atoms with E-state index in [1.807, 2.05) is 0 Å². The molecule has 6 nitrogen and oxygen atoms in total. The molecule has 1 aromatic rings. The fraction of sp³-hybridized carbons (Fsp3) is 0.467. The Morgan fingerprint density at radius 1 is 1.28 bits per heavy atom. The average Bonchev–Trinajstić information content (AvgIpc) is 2.43. The van der Waals surface area contributed by atoms with Gasteiger partial charge in [-0.15, -0.1) is 37.1 Å². The SMILES string of the molecule is CC(C)OC(=O)CCCN=C(N)Nc1ccc(OC(F)(F)F)cc1.I. The average molecular weight is 475 g/mol. The van der Waals surface area contributed by atoms with Gasteiger partial charge in [0.1, 0.15) is 5.75 Å². The first-order valence-corrected chi connectivity index (χ1v) is 7.28. The summed E-state index contributed by atoms with van der Waals surface area (Å²) < 4.78 is 44.9. The highest BCUT2D eigenvalue weighted by Crippen LogP contribution is 2.23. The number of esters is 1. The van der Waals surface area contributed by atoms with Gasteiger partial charge in [-0.25, -0.2) is 0 Å². The van der Waals surface area contributed by atoms with E-state index in [9.17, 15) is 18.0 Å². The molecule has 0 saturated carbocycles. The molecule has 0 heterocycles. The number of hydrogen-bond acceptors (Lipinski definition) is 4. The van der Waals surface area contributed by atoms with Gasteiger partial charge in [-0.3, -0.25) is 9.79 Å². The number of nitrogens with zero attached hydrogens (tertiary/aromatic N) is 1. The van der Waals surface area contributed by atoms with Gasteiger partial charge in [0.05, 0.1) is 6.10 Å². The standard InChI is InChI=1S/C15H20F3N3O3.HI/c1-10(2)23-13(22)4-3-9-20-14(19)21-11-5-7-12(8-6-11)24-15(16,17)18;/h5-8,10H,3-4,9H2,1-2H3,(H3,19,20,21);1H. The lowest BCUT2D eigenvalue weighted by Gasteiger charge is -2.10. The Labute approximate surface area is 161 Å². The van der Waals surface area contributed by atoms with Gasteiger partial charge in [0.15, 0.2) is 5.96 Å². The molecule has 0 bridgehead atoms. The molecule has 0 unspecified atom stereocenters. The maximum Gasteiger partial charge on any atom is 0.573 e. The zero-order valence-corrected chi connectivity index (χ0v) is 16.1. The molecule has 1 rings (SSSR count). The molecular formula is C15H21F3IN3O3. The summed E-state index contributed by atoms with van der Waals surface area (Å²) in [5.41, 5.74) is 6.12. The number of alkyl halides is 3. The predicted molar refractivity (Wildman–Crippen MR) is 99.1 cm³/mol. The van der Waals surface area contributed by atoms with Crippen molar-refractivity contribution in [3.05, 3.63) is 24.3 Å². The van der Waals surface area contributed by atoms with Gasteiger partial charge in [-0.2, -0.15) is 0 Å². The first-order valence-electron chi connectivity index (χ1n) is 7.28. The zero-order valence-electron chi connectivity index (χ0n) is 13.8. The maximum absolute atomic E-state index is 12.0. The second kappa shape index (κ2) is 11.0. The Balaban J connectivity index is 0.00000576. The lowest BCUT2D eigenvalue weighted by Crippen LogP contribution is -2.23. The molecule has 0 fully saturated rings. The minimum Gasteiger partial charge on any atom is -0.463 e. The Morgan fingerprint density at radius 3 is 2.40 bits per heavy atom. The van der Waals surface area contributed by atoms with Crippen LogP contribution in [0.4, 0.5) is 18.9 Å². The van der Waals surface area contributed by atoms with Crippen LogP contribution in [0.3, 0.4) is 0 Å². The molecule has 0 radical (unpaired) electrons. The Hall–Kier alpha value is -1.72. The fourth-order valence-electron chi connectivity index (χ4n) is 1.67. The molecule has 0 aliphatic heterocycles. The van der Waals surface area contributed by atoms with Crippen molar-refractivity contribution in [1.29, 1.82) is 0 Å². The Kier molecular flexibility index (Phi) is 10.2. The van der Waals surface area contributed by atoms with Crippen LogP contribution in [-0.4, -0.2) is 30.9 Å². The number of carbonyl (C=O) groups excluding carboxylic acids is 1. The van der Waals surface area contributed by atoms with Crippen LogP contribution in [0.25, 0.3) is 0 Å². The van der Waals surface area contributed by atoms with Crippen molar-refractivity contribution in [3.8, 4) is 5.75 Å². The minimum absolute atomic E-state index is 0. The number of halogens is 4. The first kappa shape index (κ1) is 23.3. The molecule has 0 aromatic heterocycles. The Morgan fingerprint density at radius 2 is 1.88 bits per heavy atom. The molecule has 0 aliphatic rings. The van der Waals surface area contributed by atoms with Gasteiger partial charge in [0.25, 0.3) is 0 Å². The van der Waals surface area contributed by atoms with E-state index >= 15 is 0 Å². The second-order valence-electron chi connectivity index (χ2n) is 5.11. The topological polar surface area (TPSA) is 85.9 Å². The molecule has 0 spiro atoms. The summed E-state index contributed by atoms with van der Waals surface area (Å²) in [7, 11) is 0. The normalized spacial score (nSPS) is 11.7. The molecule has 3 N–H and O–H groups in total. The highest BCUT2D eigenvalue weighted by molar-refractivity contribution is 14.0. The monoisotopic (exact) mass is 475 g/mol. The van der Waals surface area contributed by atoms with Crippen LogP contribution in [0.15, 0.2) is 29.3 Å². The number of aliphatic imine (C=N–C) groups is 1. The third-order valence-corrected chi connectivity index (χ3v) is 2.55. The Bertz CT molecular complexity index is 563. The number of nitrogens with one attached hydrogen (secondary N) is 1. The van der Waals surface area contributed by atoms with Gasteiger partial charge < -0.3 is 20.5 Å². The van der Waals surface area contributed by atoms with Crippen molar-refractivity contribution in [2.45, 2.75) is 39.2 Å². The number of nitrogens with two attached hydrogens (primary N) is 1. The van der Waals surface area contributed by atoms with Crippen LogP contribution in [0.1, 0.15) is 26.7 Å². The van der Waals surface area contributed by atoms with Crippen LogP contribution in [0.2, 0.25) is 0 Å². The van der Waals surface area contributed by atoms with E-state index < -0.39 is 6.36 Å². The number of hydrogen-bond donors (Lipinski definition) is 2. The fourth-order valence-corrected chi connectivity index (χ4v) is 1.67. The number of anilines is 1. The van der Waals surface area contributed by atoms with E-state index in [0.29, 0.717) is 18.7 Å². The minimum atomic E-state index is -4.73. The van der Waals surface area contributed by atoms with Gasteiger partial charge >= 0.3 is 12.3 Å². The first-order chi connectivity index (χ1) is 11.2. The summed E-state index contributed by atoms with van der Waals surface area (Å²) in [6, 6.07) is 5.07. The van der Waals surface area contributed by atoms with Crippen LogP contribution in [0.5, 0.6) is 5.75 Å². The number of ether oxygens (including phenoxy) is 2. The van der Waals surface area contributed by atoms with Gasteiger partial charge in [0, 0.05) is 18.7 Å². The number of guanidine groups is 1. The predicted octanol–water partition coefficient (Wildman–Crippen LogP) is 3.66. The second-order valence-corrected chi connectivity index (χ2v) is 5.11. The van der Waals surface area contributed by atoms with Crippen molar-refractivity contribution in [1.82, 2.24) is 0 Å². The van der Waals surface area contributed by atoms with Gasteiger partial charge in [-0.05, 0) is 44.5 Å². The van der Waals surface area contributed by atoms with Crippen molar-refractivity contribution in [2.75, 3.05) is 11.9 Å². The van der Waals surface area contributed by atoms with Gasteiger partial charge in [0.2, 0.25) is 0 Å². The summed E-state index contributed by atoms with van der Waals surface area (Å²) in [4.78, 5) is 15.3. The van der Waals surface area contributed by atoms with Crippen molar-refractivity contribution >= 4 is 41.6 Å². The molecule has 25 heavy (non-hydrogen) atoms. The van der Waals surface area contributed by atoms with E-state index in [-0.39, 0.29) is 54.2 Å². The molecule has 0 amide bonds. The smallest absolute Gasteiger partial charge is 0.463 e. The zero-order chi connectivity index (χ0) is 18.2. The largest absolute Gasteiger partial charge is 0.573 e. The summed E-state index contributed by atoms with van der Waals surface area (Å²) >= 11 is 0. The third kappa shape index (κ3) is 11.5.